The second-order valence-corrected chi connectivity index (χ2v) is 3.77. The van der Waals surface area contributed by atoms with E-state index in [1.807, 2.05) is 13.8 Å². The molecule has 0 heterocycles. The smallest absolute Gasteiger partial charge is 0.407 e. The fourth-order valence-electron chi connectivity index (χ4n) is 0.825. The number of carbonyl (C=O) groups excluding carboxylic acids is 1. The number of carboxylic acid groups (broad SMARTS) is 1. The molecule has 0 bridgehead atoms. The number of alkyl carbamates (subject to hydrolysis) is 1. The molecule has 0 aliphatic carbocycles. The molecule has 0 saturated heterocycles. The minimum Gasteiger partial charge on any atom is -0.480 e. The Labute approximate surface area is 90.8 Å². The number of carboxylic acids is 1. The lowest BCUT2D eigenvalue weighted by molar-refractivity contribution is -0.142. The number of methoxy groups -OCH3 is 1. The highest BCUT2D eigenvalue weighted by atomic mass is 16.5. The molecule has 0 aromatic heterocycles. The molecule has 5 nitrogen and oxygen atoms in total. The maximum Gasteiger partial charge on any atom is 0.407 e. The summed E-state index contributed by atoms with van der Waals surface area (Å²) in [4.78, 5) is 21.5. The van der Waals surface area contributed by atoms with Crippen LogP contribution >= 0.6 is 0 Å². The van der Waals surface area contributed by atoms with Crippen molar-refractivity contribution in [2.75, 3.05) is 7.11 Å². The number of ether oxygens (including phenoxy) is 1. The van der Waals surface area contributed by atoms with Crippen molar-refractivity contribution in [1.82, 2.24) is 5.32 Å². The SMILES string of the molecule is CC.COC(=O)NC(C(=O)O)C(C)(C)C. The van der Waals surface area contributed by atoms with Crippen molar-refractivity contribution in [3.8, 4) is 0 Å². The number of carbonyl (C=O) groups is 2. The van der Waals surface area contributed by atoms with Crippen LogP contribution < -0.4 is 5.32 Å². The van der Waals surface area contributed by atoms with Crippen LogP contribution in [-0.4, -0.2) is 30.3 Å². The van der Waals surface area contributed by atoms with E-state index >= 15 is 0 Å². The van der Waals surface area contributed by atoms with Crippen molar-refractivity contribution in [2.24, 2.45) is 5.41 Å². The van der Waals surface area contributed by atoms with Gasteiger partial charge in [0, 0.05) is 0 Å². The summed E-state index contributed by atoms with van der Waals surface area (Å²) >= 11 is 0. The number of hydrogen-bond acceptors (Lipinski definition) is 3. The minimum atomic E-state index is -1.07. The third-order valence-electron chi connectivity index (χ3n) is 1.56. The van der Waals surface area contributed by atoms with Crippen LogP contribution in [-0.2, 0) is 9.53 Å². The summed E-state index contributed by atoms with van der Waals surface area (Å²) in [5.74, 6) is -1.07. The Bertz CT molecular complexity index is 208. The van der Waals surface area contributed by atoms with E-state index in [-0.39, 0.29) is 0 Å². The van der Waals surface area contributed by atoms with Crippen LogP contribution in [0.15, 0.2) is 0 Å². The second kappa shape index (κ2) is 7.09. The van der Waals surface area contributed by atoms with Crippen LogP contribution in [0, 0.1) is 5.41 Å². The van der Waals surface area contributed by atoms with Gasteiger partial charge < -0.3 is 15.2 Å². The van der Waals surface area contributed by atoms with E-state index in [0.29, 0.717) is 0 Å². The first-order valence-corrected chi connectivity index (χ1v) is 4.86. The van der Waals surface area contributed by atoms with E-state index in [4.69, 9.17) is 5.11 Å². The predicted octanol–water partition coefficient (Wildman–Crippen LogP) is 1.87. The molecule has 1 unspecified atom stereocenters. The zero-order valence-corrected chi connectivity index (χ0v) is 10.2. The first-order chi connectivity index (χ1) is 6.79. The number of rotatable bonds is 2. The molecule has 1 atom stereocenters. The van der Waals surface area contributed by atoms with Crippen molar-refractivity contribution >= 4 is 12.1 Å². The standard InChI is InChI=1S/C8H15NO4.C2H6/c1-8(2,3)5(6(10)11)9-7(12)13-4;1-2/h5H,1-4H3,(H,9,12)(H,10,11);1-2H3. The number of amides is 1. The van der Waals surface area contributed by atoms with Crippen LogP contribution in [0.25, 0.3) is 0 Å². The Kier molecular flexibility index (Phi) is 7.65. The van der Waals surface area contributed by atoms with Gasteiger partial charge in [0.05, 0.1) is 7.11 Å². The first-order valence-electron chi connectivity index (χ1n) is 4.86. The Morgan fingerprint density at radius 3 is 1.87 bits per heavy atom. The molecule has 0 spiro atoms. The minimum absolute atomic E-state index is 0.542. The van der Waals surface area contributed by atoms with Gasteiger partial charge >= 0.3 is 12.1 Å². The number of hydrogen-bond donors (Lipinski definition) is 2. The predicted molar refractivity (Wildman–Crippen MR) is 57.8 cm³/mol. The van der Waals surface area contributed by atoms with E-state index in [1.165, 1.54) is 7.11 Å². The molecule has 0 aliphatic heterocycles. The van der Waals surface area contributed by atoms with E-state index in [0.717, 1.165) is 0 Å². The molecule has 5 heteroatoms. The van der Waals surface area contributed by atoms with Gasteiger partial charge in [-0.15, -0.1) is 0 Å². The molecule has 1 amide bonds. The summed E-state index contributed by atoms with van der Waals surface area (Å²) in [7, 11) is 1.19. The topological polar surface area (TPSA) is 75.6 Å². The van der Waals surface area contributed by atoms with E-state index in [1.54, 1.807) is 20.8 Å². The van der Waals surface area contributed by atoms with Crippen molar-refractivity contribution in [1.29, 1.82) is 0 Å². The van der Waals surface area contributed by atoms with Gasteiger partial charge in [-0.2, -0.15) is 0 Å². The molecule has 15 heavy (non-hydrogen) atoms. The Morgan fingerprint density at radius 1 is 1.27 bits per heavy atom. The lowest BCUT2D eigenvalue weighted by Gasteiger charge is -2.26. The monoisotopic (exact) mass is 219 g/mol. The van der Waals surface area contributed by atoms with Gasteiger partial charge in [0.25, 0.3) is 0 Å². The van der Waals surface area contributed by atoms with Crippen molar-refractivity contribution in [3.63, 3.8) is 0 Å². The van der Waals surface area contributed by atoms with Gasteiger partial charge in [-0.25, -0.2) is 9.59 Å². The van der Waals surface area contributed by atoms with Crippen LogP contribution in [0.2, 0.25) is 0 Å². The normalized spacial score (nSPS) is 11.9. The first kappa shape index (κ1) is 16.2. The highest BCUT2D eigenvalue weighted by Crippen LogP contribution is 2.19. The average molecular weight is 219 g/mol. The van der Waals surface area contributed by atoms with Gasteiger partial charge in [-0.3, -0.25) is 0 Å². The van der Waals surface area contributed by atoms with Crippen molar-refractivity contribution in [2.45, 2.75) is 40.7 Å². The molecule has 0 radical (unpaired) electrons. The summed E-state index contributed by atoms with van der Waals surface area (Å²) < 4.78 is 4.31. The molecule has 90 valence electrons. The molecular formula is C10H21NO4. The summed E-state index contributed by atoms with van der Waals surface area (Å²) in [5.41, 5.74) is -0.542. The van der Waals surface area contributed by atoms with Gasteiger partial charge in [-0.05, 0) is 5.41 Å². The van der Waals surface area contributed by atoms with Gasteiger partial charge in [0.15, 0.2) is 0 Å². The molecule has 0 rings (SSSR count). The number of aliphatic carboxylic acids is 1. The van der Waals surface area contributed by atoms with Gasteiger partial charge in [0.1, 0.15) is 6.04 Å². The largest absolute Gasteiger partial charge is 0.480 e. The highest BCUT2D eigenvalue weighted by Gasteiger charge is 2.32. The second-order valence-electron chi connectivity index (χ2n) is 3.77. The van der Waals surface area contributed by atoms with E-state index in [2.05, 4.69) is 10.1 Å². The Balaban J connectivity index is 0. The third kappa shape index (κ3) is 6.76. The number of nitrogens with one attached hydrogen (secondary N) is 1. The molecule has 0 aromatic rings. The zero-order valence-electron chi connectivity index (χ0n) is 10.2. The van der Waals surface area contributed by atoms with Crippen molar-refractivity contribution in [3.05, 3.63) is 0 Å². The zero-order chi connectivity index (χ0) is 12.6. The molecule has 0 fully saturated rings. The van der Waals surface area contributed by atoms with E-state index < -0.39 is 23.5 Å². The third-order valence-corrected chi connectivity index (χ3v) is 1.56. The molecule has 2 N–H and O–H groups in total. The maximum atomic E-state index is 10.8. The van der Waals surface area contributed by atoms with Gasteiger partial charge in [-0.1, -0.05) is 34.6 Å². The fourth-order valence-corrected chi connectivity index (χ4v) is 0.825. The quantitative estimate of drug-likeness (QED) is 0.743. The summed E-state index contributed by atoms with van der Waals surface area (Å²) in [5, 5.41) is 11.0. The van der Waals surface area contributed by atoms with Crippen LogP contribution in [0.3, 0.4) is 0 Å². The summed E-state index contributed by atoms with van der Waals surface area (Å²) in [6.07, 6.45) is -0.734. The Morgan fingerprint density at radius 2 is 1.67 bits per heavy atom. The molecule has 0 saturated carbocycles. The average Bonchev–Trinajstić information content (AvgIpc) is 2.14. The highest BCUT2D eigenvalue weighted by molar-refractivity contribution is 5.80. The fraction of sp³-hybridized carbons (Fsp3) is 0.800. The maximum absolute atomic E-state index is 10.8. The summed E-state index contributed by atoms with van der Waals surface area (Å²) in [6, 6.07) is -0.944. The lowest BCUT2D eigenvalue weighted by Crippen LogP contribution is -2.49. The van der Waals surface area contributed by atoms with Crippen LogP contribution in [0.5, 0.6) is 0 Å². The molecule has 0 aromatic carbocycles. The lowest BCUT2D eigenvalue weighted by atomic mass is 9.87. The molecular weight excluding hydrogens is 198 g/mol. The van der Waals surface area contributed by atoms with Crippen LogP contribution in [0.1, 0.15) is 34.6 Å². The molecule has 0 aliphatic rings. The van der Waals surface area contributed by atoms with E-state index in [9.17, 15) is 9.59 Å². The van der Waals surface area contributed by atoms with Gasteiger partial charge in [0.2, 0.25) is 0 Å². The van der Waals surface area contributed by atoms with Crippen molar-refractivity contribution < 1.29 is 19.4 Å². The summed E-state index contributed by atoms with van der Waals surface area (Å²) in [6.45, 7) is 9.17. The van der Waals surface area contributed by atoms with Crippen LogP contribution in [0.4, 0.5) is 4.79 Å². The Hall–Kier alpha value is -1.26.